The van der Waals surface area contributed by atoms with Crippen molar-refractivity contribution in [1.82, 2.24) is 9.80 Å². The molecule has 2 heterocycles. The standard InChI is InChI=1S/C15H23BrN2OS2/c1-15(2,3)20-11-14(19)18-8-6-17(7-9-18)10-12-4-5-13(16)21-12/h4-5H,6-11H2,1-3H3. The molecule has 6 heteroatoms. The monoisotopic (exact) mass is 390 g/mol. The molecule has 0 aliphatic carbocycles. The molecule has 0 unspecified atom stereocenters. The minimum absolute atomic E-state index is 0.157. The van der Waals surface area contributed by atoms with Gasteiger partial charge in [0.2, 0.25) is 5.91 Å². The summed E-state index contributed by atoms with van der Waals surface area (Å²) in [7, 11) is 0. The lowest BCUT2D eigenvalue weighted by Gasteiger charge is -2.35. The summed E-state index contributed by atoms with van der Waals surface area (Å²) in [5.41, 5.74) is 0. The molecule has 0 aromatic carbocycles. The van der Waals surface area contributed by atoms with Crippen molar-refractivity contribution in [3.05, 3.63) is 20.8 Å². The molecule has 0 atom stereocenters. The van der Waals surface area contributed by atoms with Crippen LogP contribution >= 0.6 is 39.0 Å². The molecule has 1 amide bonds. The van der Waals surface area contributed by atoms with Crippen LogP contribution in [0.1, 0.15) is 25.6 Å². The lowest BCUT2D eigenvalue weighted by molar-refractivity contribution is -0.130. The van der Waals surface area contributed by atoms with Gasteiger partial charge in [-0.1, -0.05) is 20.8 Å². The second-order valence-corrected chi connectivity index (χ2v) is 10.6. The summed E-state index contributed by atoms with van der Waals surface area (Å²) in [6.45, 7) is 11.1. The molecule has 2 rings (SSSR count). The van der Waals surface area contributed by atoms with E-state index in [-0.39, 0.29) is 10.7 Å². The SMILES string of the molecule is CC(C)(C)SCC(=O)N1CCN(Cc2ccc(Br)s2)CC1. The smallest absolute Gasteiger partial charge is 0.232 e. The Kier molecular flexibility index (Phi) is 6.17. The number of carbonyl (C=O) groups is 1. The zero-order chi connectivity index (χ0) is 15.5. The van der Waals surface area contributed by atoms with Crippen LogP contribution in [-0.2, 0) is 11.3 Å². The van der Waals surface area contributed by atoms with Crippen LogP contribution in [0.2, 0.25) is 0 Å². The predicted octanol–water partition coefficient (Wildman–Crippen LogP) is 3.69. The highest BCUT2D eigenvalue weighted by atomic mass is 79.9. The molecule has 0 bridgehead atoms. The highest BCUT2D eigenvalue weighted by Gasteiger charge is 2.23. The number of thiophene rings is 1. The van der Waals surface area contributed by atoms with Crippen LogP contribution < -0.4 is 0 Å². The highest BCUT2D eigenvalue weighted by Crippen LogP contribution is 2.25. The third kappa shape index (κ3) is 5.93. The van der Waals surface area contributed by atoms with Crippen molar-refractivity contribution < 1.29 is 4.79 Å². The molecule has 21 heavy (non-hydrogen) atoms. The first-order valence-electron chi connectivity index (χ1n) is 7.22. The Morgan fingerprint density at radius 3 is 2.48 bits per heavy atom. The summed E-state index contributed by atoms with van der Waals surface area (Å²) >= 11 is 7.03. The lowest BCUT2D eigenvalue weighted by Crippen LogP contribution is -2.48. The van der Waals surface area contributed by atoms with Gasteiger partial charge in [-0.05, 0) is 28.1 Å². The van der Waals surface area contributed by atoms with Gasteiger partial charge in [0, 0.05) is 42.3 Å². The van der Waals surface area contributed by atoms with Crippen molar-refractivity contribution >= 4 is 44.9 Å². The minimum atomic E-state index is 0.157. The normalized spacial score (nSPS) is 17.2. The average molecular weight is 391 g/mol. The molecule has 0 saturated carbocycles. The van der Waals surface area contributed by atoms with E-state index in [9.17, 15) is 4.79 Å². The number of hydrogen-bond donors (Lipinski definition) is 0. The number of halogens is 1. The summed E-state index contributed by atoms with van der Waals surface area (Å²) in [5.74, 6) is 0.884. The first-order chi connectivity index (χ1) is 9.83. The van der Waals surface area contributed by atoms with Gasteiger partial charge in [-0.2, -0.15) is 0 Å². The summed E-state index contributed by atoms with van der Waals surface area (Å²) in [6, 6.07) is 4.27. The molecule has 1 aliphatic rings. The summed E-state index contributed by atoms with van der Waals surface area (Å²) in [5, 5.41) is 0. The fourth-order valence-corrected chi connectivity index (χ4v) is 4.45. The number of carbonyl (C=O) groups excluding carboxylic acids is 1. The van der Waals surface area contributed by atoms with Gasteiger partial charge >= 0.3 is 0 Å². The van der Waals surface area contributed by atoms with Crippen LogP contribution in [0.15, 0.2) is 15.9 Å². The summed E-state index contributed by atoms with van der Waals surface area (Å²) in [6.07, 6.45) is 0. The number of piperazine rings is 1. The van der Waals surface area contributed by atoms with Crippen molar-refractivity contribution in [1.29, 1.82) is 0 Å². The number of amides is 1. The first kappa shape index (κ1) is 17.3. The van der Waals surface area contributed by atoms with Crippen LogP contribution in [0.25, 0.3) is 0 Å². The highest BCUT2D eigenvalue weighted by molar-refractivity contribution is 9.11. The van der Waals surface area contributed by atoms with Crippen LogP contribution in [0.5, 0.6) is 0 Å². The van der Waals surface area contributed by atoms with E-state index >= 15 is 0 Å². The van der Waals surface area contributed by atoms with Crippen molar-refractivity contribution in [2.24, 2.45) is 0 Å². The second-order valence-electron chi connectivity index (χ2n) is 6.26. The molecular weight excluding hydrogens is 368 g/mol. The molecule has 0 radical (unpaired) electrons. The third-order valence-electron chi connectivity index (χ3n) is 3.36. The molecule has 0 spiro atoms. The Morgan fingerprint density at radius 2 is 1.95 bits per heavy atom. The van der Waals surface area contributed by atoms with E-state index in [4.69, 9.17) is 0 Å². The van der Waals surface area contributed by atoms with Crippen LogP contribution in [-0.4, -0.2) is 52.4 Å². The second kappa shape index (κ2) is 7.49. The van der Waals surface area contributed by atoms with E-state index in [1.165, 1.54) is 8.66 Å². The zero-order valence-electron chi connectivity index (χ0n) is 12.9. The quantitative estimate of drug-likeness (QED) is 0.782. The van der Waals surface area contributed by atoms with Gasteiger partial charge in [0.05, 0.1) is 9.54 Å². The fraction of sp³-hybridized carbons (Fsp3) is 0.667. The van der Waals surface area contributed by atoms with Gasteiger partial charge in [-0.15, -0.1) is 23.1 Å². The number of hydrogen-bond acceptors (Lipinski definition) is 4. The maximum Gasteiger partial charge on any atom is 0.232 e. The third-order valence-corrected chi connectivity index (χ3v) is 6.23. The van der Waals surface area contributed by atoms with Gasteiger partial charge in [-0.25, -0.2) is 0 Å². The Labute approximate surface area is 144 Å². The van der Waals surface area contributed by atoms with E-state index < -0.39 is 0 Å². The van der Waals surface area contributed by atoms with Gasteiger partial charge < -0.3 is 4.90 Å². The van der Waals surface area contributed by atoms with Crippen molar-refractivity contribution in [3.63, 3.8) is 0 Å². The molecular formula is C15H23BrN2OS2. The molecule has 1 saturated heterocycles. The van der Waals surface area contributed by atoms with Gasteiger partial charge in [0.15, 0.2) is 0 Å². The Bertz CT molecular complexity index is 476. The Balaban J connectivity index is 1.74. The van der Waals surface area contributed by atoms with Crippen molar-refractivity contribution in [2.45, 2.75) is 32.1 Å². The van der Waals surface area contributed by atoms with Gasteiger partial charge in [0.1, 0.15) is 0 Å². The van der Waals surface area contributed by atoms with E-state index in [1.54, 1.807) is 23.1 Å². The maximum atomic E-state index is 12.2. The average Bonchev–Trinajstić information content (AvgIpc) is 2.81. The summed E-state index contributed by atoms with van der Waals surface area (Å²) in [4.78, 5) is 18.0. The minimum Gasteiger partial charge on any atom is -0.339 e. The van der Waals surface area contributed by atoms with E-state index in [0.717, 1.165) is 32.7 Å². The first-order valence-corrected chi connectivity index (χ1v) is 9.81. The molecule has 1 fully saturated rings. The fourth-order valence-electron chi connectivity index (χ4n) is 2.18. The number of rotatable bonds is 4. The summed E-state index contributed by atoms with van der Waals surface area (Å²) < 4.78 is 1.34. The molecule has 0 N–H and O–H groups in total. The molecule has 1 aromatic rings. The topological polar surface area (TPSA) is 23.6 Å². The van der Waals surface area contributed by atoms with Crippen LogP contribution in [0.4, 0.5) is 0 Å². The van der Waals surface area contributed by atoms with Gasteiger partial charge in [-0.3, -0.25) is 9.69 Å². The predicted molar refractivity (Wildman–Crippen MR) is 96.1 cm³/mol. The van der Waals surface area contributed by atoms with Crippen LogP contribution in [0.3, 0.4) is 0 Å². The zero-order valence-corrected chi connectivity index (χ0v) is 16.1. The molecule has 3 nitrogen and oxygen atoms in total. The number of nitrogens with zero attached hydrogens (tertiary/aromatic N) is 2. The molecule has 118 valence electrons. The van der Waals surface area contributed by atoms with Crippen molar-refractivity contribution in [2.75, 3.05) is 31.9 Å². The van der Waals surface area contributed by atoms with Crippen molar-refractivity contribution in [3.8, 4) is 0 Å². The Morgan fingerprint density at radius 1 is 1.29 bits per heavy atom. The number of thioether (sulfide) groups is 1. The van der Waals surface area contributed by atoms with Crippen LogP contribution in [0, 0.1) is 0 Å². The maximum absolute atomic E-state index is 12.2. The molecule has 1 aliphatic heterocycles. The Hall–Kier alpha value is -0.0400. The van der Waals surface area contributed by atoms with E-state index in [1.807, 2.05) is 4.90 Å². The molecule has 1 aromatic heterocycles. The van der Waals surface area contributed by atoms with E-state index in [2.05, 4.69) is 53.7 Å². The lowest BCUT2D eigenvalue weighted by atomic mass is 10.3. The van der Waals surface area contributed by atoms with E-state index in [0.29, 0.717) is 5.75 Å². The largest absolute Gasteiger partial charge is 0.339 e. The van der Waals surface area contributed by atoms with Gasteiger partial charge in [0.25, 0.3) is 0 Å².